The van der Waals surface area contributed by atoms with Crippen molar-refractivity contribution in [1.29, 1.82) is 0 Å². The average molecular weight is 298 g/mol. The highest BCUT2D eigenvalue weighted by Crippen LogP contribution is 2.49. The summed E-state index contributed by atoms with van der Waals surface area (Å²) in [4.78, 5) is 12.1. The van der Waals surface area contributed by atoms with E-state index in [1.165, 1.54) is 25.7 Å². The minimum atomic E-state index is 0.0437. The van der Waals surface area contributed by atoms with Crippen molar-refractivity contribution in [2.75, 3.05) is 6.54 Å². The Kier molecular flexibility index (Phi) is 3.60. The van der Waals surface area contributed by atoms with E-state index < -0.39 is 0 Å². The maximum atomic E-state index is 12.1. The molecule has 1 amide bonds. The third-order valence-electron chi connectivity index (χ3n) is 5.50. The van der Waals surface area contributed by atoms with Gasteiger partial charge in [0.1, 0.15) is 5.69 Å². The second kappa shape index (κ2) is 5.75. The lowest BCUT2D eigenvalue weighted by atomic mass is 9.86. The minimum absolute atomic E-state index is 0.0437. The van der Waals surface area contributed by atoms with Crippen LogP contribution in [0.2, 0.25) is 0 Å². The topological polar surface area (TPSA) is 55.1 Å². The monoisotopic (exact) mass is 298 g/mol. The van der Waals surface area contributed by atoms with Gasteiger partial charge in [-0.25, -0.2) is 0 Å². The maximum absolute atomic E-state index is 12.1. The molecule has 2 fully saturated rings. The van der Waals surface area contributed by atoms with Gasteiger partial charge in [0.05, 0.1) is 6.42 Å². The van der Waals surface area contributed by atoms with Crippen LogP contribution in [0.15, 0.2) is 28.8 Å². The number of nitrogens with zero attached hydrogens (tertiary/aromatic N) is 1. The summed E-state index contributed by atoms with van der Waals surface area (Å²) in [5.74, 6) is 2.79. The summed E-state index contributed by atoms with van der Waals surface area (Å²) in [6.07, 6.45) is 7.10. The van der Waals surface area contributed by atoms with Crippen LogP contribution >= 0.6 is 0 Å². The van der Waals surface area contributed by atoms with Gasteiger partial charge in [-0.1, -0.05) is 23.7 Å². The van der Waals surface area contributed by atoms with Crippen molar-refractivity contribution in [2.24, 2.45) is 17.8 Å². The Labute approximate surface area is 130 Å². The quantitative estimate of drug-likeness (QED) is 0.921. The number of carbonyl (C=O) groups excluding carboxylic acids is 1. The van der Waals surface area contributed by atoms with Crippen LogP contribution in [0, 0.1) is 17.8 Å². The molecule has 22 heavy (non-hydrogen) atoms. The van der Waals surface area contributed by atoms with Crippen LogP contribution in [0.5, 0.6) is 0 Å². The number of hydrogen-bond donors (Lipinski definition) is 1. The first-order valence-corrected chi connectivity index (χ1v) is 8.39. The third-order valence-corrected chi connectivity index (χ3v) is 5.50. The zero-order chi connectivity index (χ0) is 14.9. The lowest BCUT2D eigenvalue weighted by molar-refractivity contribution is -0.120. The van der Waals surface area contributed by atoms with Gasteiger partial charge in [0.2, 0.25) is 5.91 Å². The molecule has 1 N–H and O–H groups in total. The second-order valence-corrected chi connectivity index (χ2v) is 6.88. The normalized spacial score (nSPS) is 26.6. The molecule has 0 aliphatic heterocycles. The number of carbonyl (C=O) groups is 1. The predicted molar refractivity (Wildman–Crippen MR) is 84.3 cm³/mol. The molecule has 2 aliphatic rings. The Morgan fingerprint density at radius 1 is 1.27 bits per heavy atom. The Bertz CT molecular complexity index is 679. The van der Waals surface area contributed by atoms with E-state index in [4.69, 9.17) is 4.52 Å². The molecular formula is C18H22N2O2. The van der Waals surface area contributed by atoms with Crippen LogP contribution < -0.4 is 5.32 Å². The van der Waals surface area contributed by atoms with Crippen LogP contribution in [0.4, 0.5) is 0 Å². The maximum Gasteiger partial charge on any atom is 0.226 e. The Morgan fingerprint density at radius 2 is 2.18 bits per heavy atom. The second-order valence-electron chi connectivity index (χ2n) is 6.88. The largest absolute Gasteiger partial charge is 0.356 e. The van der Waals surface area contributed by atoms with Gasteiger partial charge in [-0.3, -0.25) is 4.79 Å². The molecule has 2 aliphatic carbocycles. The molecule has 0 radical (unpaired) electrons. The summed E-state index contributed by atoms with van der Waals surface area (Å²) >= 11 is 0. The number of para-hydroxylation sites is 1. The van der Waals surface area contributed by atoms with Crippen molar-refractivity contribution in [2.45, 2.75) is 38.5 Å². The molecule has 1 heterocycles. The van der Waals surface area contributed by atoms with Gasteiger partial charge in [0, 0.05) is 11.9 Å². The molecule has 116 valence electrons. The number of rotatable bonds is 5. The third kappa shape index (κ3) is 2.62. The lowest BCUT2D eigenvalue weighted by Crippen LogP contribution is -2.28. The molecule has 2 aromatic rings. The number of nitrogens with one attached hydrogen (secondary N) is 1. The Hall–Kier alpha value is -1.84. The van der Waals surface area contributed by atoms with E-state index in [-0.39, 0.29) is 5.91 Å². The summed E-state index contributed by atoms with van der Waals surface area (Å²) in [5, 5.41) is 8.00. The zero-order valence-electron chi connectivity index (χ0n) is 12.8. The molecular weight excluding hydrogens is 276 g/mol. The van der Waals surface area contributed by atoms with Gasteiger partial charge in [-0.05, 0) is 55.6 Å². The summed E-state index contributed by atoms with van der Waals surface area (Å²) in [5.41, 5.74) is 1.47. The Morgan fingerprint density at radius 3 is 3.00 bits per heavy atom. The van der Waals surface area contributed by atoms with Crippen molar-refractivity contribution in [3.05, 3.63) is 30.0 Å². The molecule has 2 bridgehead atoms. The minimum Gasteiger partial charge on any atom is -0.356 e. The van der Waals surface area contributed by atoms with Crippen LogP contribution in [0.1, 0.15) is 37.8 Å². The van der Waals surface area contributed by atoms with Crippen molar-refractivity contribution < 1.29 is 9.32 Å². The van der Waals surface area contributed by atoms with E-state index in [2.05, 4.69) is 10.5 Å². The fourth-order valence-electron chi connectivity index (χ4n) is 4.41. The summed E-state index contributed by atoms with van der Waals surface area (Å²) in [6, 6.07) is 7.67. The van der Waals surface area contributed by atoms with Gasteiger partial charge in [-0.2, -0.15) is 0 Å². The molecule has 4 nitrogen and oxygen atoms in total. The highest BCUT2D eigenvalue weighted by atomic mass is 16.5. The summed E-state index contributed by atoms with van der Waals surface area (Å²) in [7, 11) is 0. The summed E-state index contributed by atoms with van der Waals surface area (Å²) < 4.78 is 5.24. The van der Waals surface area contributed by atoms with Crippen LogP contribution in [0.25, 0.3) is 11.0 Å². The van der Waals surface area contributed by atoms with Crippen LogP contribution in [-0.2, 0) is 11.2 Å². The van der Waals surface area contributed by atoms with E-state index in [0.717, 1.165) is 47.4 Å². The molecule has 4 rings (SSSR count). The fraction of sp³-hybridized carbons (Fsp3) is 0.556. The van der Waals surface area contributed by atoms with E-state index in [9.17, 15) is 4.79 Å². The zero-order valence-corrected chi connectivity index (χ0v) is 12.8. The van der Waals surface area contributed by atoms with Gasteiger partial charge in [-0.15, -0.1) is 0 Å². The molecule has 0 spiro atoms. The van der Waals surface area contributed by atoms with Crippen LogP contribution in [-0.4, -0.2) is 17.6 Å². The molecule has 1 aromatic carbocycles. The highest BCUT2D eigenvalue weighted by Gasteiger charge is 2.38. The van der Waals surface area contributed by atoms with Gasteiger partial charge < -0.3 is 9.84 Å². The van der Waals surface area contributed by atoms with Gasteiger partial charge in [0.15, 0.2) is 5.58 Å². The number of aromatic nitrogens is 1. The van der Waals surface area contributed by atoms with E-state index in [1.54, 1.807) is 0 Å². The van der Waals surface area contributed by atoms with Crippen molar-refractivity contribution >= 4 is 16.9 Å². The molecule has 0 unspecified atom stereocenters. The number of hydrogen-bond acceptors (Lipinski definition) is 3. The van der Waals surface area contributed by atoms with Gasteiger partial charge in [0.25, 0.3) is 0 Å². The highest BCUT2D eigenvalue weighted by molar-refractivity contribution is 5.86. The Balaban J connectivity index is 1.28. The van der Waals surface area contributed by atoms with Crippen molar-refractivity contribution in [1.82, 2.24) is 10.5 Å². The number of fused-ring (bicyclic) bond motifs is 3. The van der Waals surface area contributed by atoms with Crippen molar-refractivity contribution in [3.63, 3.8) is 0 Å². The van der Waals surface area contributed by atoms with E-state index in [1.807, 2.05) is 24.3 Å². The molecule has 4 heteroatoms. The first-order chi connectivity index (χ1) is 10.8. The SMILES string of the molecule is O=C(Cc1noc2ccccc12)NCC[C@@H]1C[C@H]2CC[C@H]1C2. The van der Waals surface area contributed by atoms with E-state index in [0.29, 0.717) is 6.42 Å². The molecule has 2 saturated carbocycles. The summed E-state index contributed by atoms with van der Waals surface area (Å²) in [6.45, 7) is 0.794. The predicted octanol–water partition coefficient (Wildman–Crippen LogP) is 3.31. The van der Waals surface area contributed by atoms with E-state index >= 15 is 0 Å². The molecule has 0 saturated heterocycles. The standard InChI is InChI=1S/C18H22N2O2/c21-18(11-16-15-3-1-2-4-17(15)22-20-16)19-8-7-14-10-12-5-6-13(14)9-12/h1-4,12-14H,5-11H2,(H,19,21)/t12-,13-,14+/m0/s1. The van der Waals surface area contributed by atoms with Crippen molar-refractivity contribution in [3.8, 4) is 0 Å². The first-order valence-electron chi connectivity index (χ1n) is 8.39. The number of amides is 1. The number of benzene rings is 1. The van der Waals surface area contributed by atoms with Gasteiger partial charge >= 0.3 is 0 Å². The fourth-order valence-corrected chi connectivity index (χ4v) is 4.41. The lowest BCUT2D eigenvalue weighted by Gasteiger charge is -2.21. The average Bonchev–Trinajstić information content (AvgIpc) is 3.23. The molecule has 3 atom stereocenters. The molecule has 1 aromatic heterocycles. The first kappa shape index (κ1) is 13.8. The smallest absolute Gasteiger partial charge is 0.226 e. The van der Waals surface area contributed by atoms with Crippen LogP contribution in [0.3, 0.4) is 0 Å².